The summed E-state index contributed by atoms with van der Waals surface area (Å²) in [5.74, 6) is -1.99. The van der Waals surface area contributed by atoms with Crippen LogP contribution in [0, 0.1) is 11.7 Å². The zero-order chi connectivity index (χ0) is 12.6. The molecule has 0 aromatic heterocycles. The van der Waals surface area contributed by atoms with Crippen LogP contribution in [0.1, 0.15) is 16.8 Å². The average molecular weight is 277 g/mol. The van der Waals surface area contributed by atoms with Crippen LogP contribution in [0.2, 0.25) is 5.02 Å². The lowest BCUT2D eigenvalue weighted by Crippen LogP contribution is -2.17. The Kier molecular flexibility index (Phi) is 3.23. The van der Waals surface area contributed by atoms with Crippen molar-refractivity contribution >= 4 is 27.2 Å². The number of carbonyl (C=O) groups excluding carboxylic acids is 1. The van der Waals surface area contributed by atoms with Gasteiger partial charge in [0.2, 0.25) is 0 Å². The second-order valence-electron chi connectivity index (χ2n) is 4.09. The average Bonchev–Trinajstić information content (AvgIpc) is 2.61. The first-order chi connectivity index (χ1) is 7.89. The SMILES string of the molecule is O=C(c1cc(Cl)ccc1F)C1CCS(=O)(=O)C1. The third-order valence-electron chi connectivity index (χ3n) is 2.80. The minimum atomic E-state index is -3.15. The molecule has 2 rings (SSSR count). The van der Waals surface area contributed by atoms with E-state index < -0.39 is 27.4 Å². The van der Waals surface area contributed by atoms with E-state index in [1.165, 1.54) is 12.1 Å². The van der Waals surface area contributed by atoms with Gasteiger partial charge in [-0.15, -0.1) is 0 Å². The van der Waals surface area contributed by atoms with Gasteiger partial charge in [-0.3, -0.25) is 4.79 Å². The fourth-order valence-corrected chi connectivity index (χ4v) is 3.82. The van der Waals surface area contributed by atoms with E-state index in [2.05, 4.69) is 0 Å². The molecule has 0 bridgehead atoms. The summed E-state index contributed by atoms with van der Waals surface area (Å²) in [7, 11) is -3.15. The summed E-state index contributed by atoms with van der Waals surface area (Å²) in [4.78, 5) is 11.9. The van der Waals surface area contributed by atoms with Gasteiger partial charge in [-0.1, -0.05) is 11.6 Å². The molecule has 92 valence electrons. The summed E-state index contributed by atoms with van der Waals surface area (Å²) >= 11 is 5.69. The normalized spacial score (nSPS) is 22.6. The van der Waals surface area contributed by atoms with E-state index in [0.717, 1.165) is 6.07 Å². The van der Waals surface area contributed by atoms with Gasteiger partial charge < -0.3 is 0 Å². The van der Waals surface area contributed by atoms with E-state index in [4.69, 9.17) is 11.6 Å². The van der Waals surface area contributed by atoms with Gasteiger partial charge >= 0.3 is 0 Å². The molecule has 0 N–H and O–H groups in total. The van der Waals surface area contributed by atoms with E-state index in [-0.39, 0.29) is 28.5 Å². The highest BCUT2D eigenvalue weighted by atomic mass is 35.5. The smallest absolute Gasteiger partial charge is 0.169 e. The standard InChI is InChI=1S/C11H10ClFO3S/c12-8-1-2-10(13)9(5-8)11(14)7-3-4-17(15,16)6-7/h1-2,5,7H,3-4,6H2. The number of ketones is 1. The van der Waals surface area contributed by atoms with Crippen LogP contribution in [0.25, 0.3) is 0 Å². The molecule has 1 fully saturated rings. The van der Waals surface area contributed by atoms with Crippen molar-refractivity contribution in [2.45, 2.75) is 6.42 Å². The Morgan fingerprint density at radius 3 is 2.71 bits per heavy atom. The highest BCUT2D eigenvalue weighted by molar-refractivity contribution is 7.91. The van der Waals surface area contributed by atoms with Crippen molar-refractivity contribution in [1.29, 1.82) is 0 Å². The van der Waals surface area contributed by atoms with Crippen molar-refractivity contribution in [3.63, 3.8) is 0 Å². The van der Waals surface area contributed by atoms with Crippen molar-refractivity contribution in [3.8, 4) is 0 Å². The summed E-state index contributed by atoms with van der Waals surface area (Å²) < 4.78 is 36.0. The van der Waals surface area contributed by atoms with E-state index in [9.17, 15) is 17.6 Å². The number of rotatable bonds is 2. The van der Waals surface area contributed by atoms with Gasteiger partial charge in [0, 0.05) is 10.9 Å². The number of hydrogen-bond donors (Lipinski definition) is 0. The number of benzene rings is 1. The van der Waals surface area contributed by atoms with Gasteiger partial charge in [0.15, 0.2) is 15.6 Å². The Labute approximate surface area is 104 Å². The first-order valence-electron chi connectivity index (χ1n) is 5.09. The monoisotopic (exact) mass is 276 g/mol. The lowest BCUT2D eigenvalue weighted by Gasteiger charge is -2.07. The van der Waals surface area contributed by atoms with Gasteiger partial charge in [0.05, 0.1) is 17.1 Å². The van der Waals surface area contributed by atoms with Gasteiger partial charge in [-0.25, -0.2) is 12.8 Å². The van der Waals surface area contributed by atoms with E-state index in [1.54, 1.807) is 0 Å². The predicted molar refractivity (Wildman–Crippen MR) is 62.5 cm³/mol. The largest absolute Gasteiger partial charge is 0.294 e. The van der Waals surface area contributed by atoms with Crippen LogP contribution in [-0.2, 0) is 9.84 Å². The number of halogens is 2. The molecular formula is C11H10ClFO3S. The second kappa shape index (κ2) is 4.38. The van der Waals surface area contributed by atoms with Crippen molar-refractivity contribution in [2.75, 3.05) is 11.5 Å². The van der Waals surface area contributed by atoms with Gasteiger partial charge in [0.1, 0.15) is 5.82 Å². The first-order valence-corrected chi connectivity index (χ1v) is 7.29. The number of Topliss-reactive ketones (excluding diaryl/α,β-unsaturated/α-hetero) is 1. The topological polar surface area (TPSA) is 51.2 Å². The number of sulfone groups is 1. The highest BCUT2D eigenvalue weighted by Gasteiger charge is 2.34. The van der Waals surface area contributed by atoms with Crippen molar-refractivity contribution in [3.05, 3.63) is 34.6 Å². The van der Waals surface area contributed by atoms with Crippen LogP contribution in [0.15, 0.2) is 18.2 Å². The lowest BCUT2D eigenvalue weighted by atomic mass is 9.97. The van der Waals surface area contributed by atoms with Crippen molar-refractivity contribution in [2.24, 2.45) is 5.92 Å². The van der Waals surface area contributed by atoms with Crippen LogP contribution in [0.4, 0.5) is 4.39 Å². The summed E-state index contributed by atoms with van der Waals surface area (Å²) in [6.07, 6.45) is 0.257. The van der Waals surface area contributed by atoms with Crippen molar-refractivity contribution in [1.82, 2.24) is 0 Å². The third-order valence-corrected chi connectivity index (χ3v) is 4.80. The van der Waals surface area contributed by atoms with E-state index in [0.29, 0.717) is 0 Å². The van der Waals surface area contributed by atoms with Gasteiger partial charge in [-0.05, 0) is 24.6 Å². The third kappa shape index (κ3) is 2.66. The predicted octanol–water partition coefficient (Wildman–Crippen LogP) is 2.10. The van der Waals surface area contributed by atoms with Crippen LogP contribution in [0.5, 0.6) is 0 Å². The molecule has 3 nitrogen and oxygen atoms in total. The maximum Gasteiger partial charge on any atom is 0.169 e. The summed E-state index contributed by atoms with van der Waals surface area (Å²) in [6.45, 7) is 0. The van der Waals surface area contributed by atoms with Gasteiger partial charge in [0.25, 0.3) is 0 Å². The minimum Gasteiger partial charge on any atom is -0.294 e. The zero-order valence-electron chi connectivity index (χ0n) is 8.82. The molecule has 6 heteroatoms. The van der Waals surface area contributed by atoms with Crippen LogP contribution >= 0.6 is 11.6 Å². The lowest BCUT2D eigenvalue weighted by molar-refractivity contribution is 0.0929. The molecule has 0 radical (unpaired) electrons. The van der Waals surface area contributed by atoms with E-state index in [1.807, 2.05) is 0 Å². The summed E-state index contributed by atoms with van der Waals surface area (Å²) in [5, 5.41) is 0.260. The Bertz CT molecular complexity index is 568. The minimum absolute atomic E-state index is 0.00834. The molecule has 0 amide bonds. The molecule has 1 aliphatic heterocycles. The molecule has 0 spiro atoms. The molecule has 1 heterocycles. The summed E-state index contributed by atoms with van der Waals surface area (Å²) in [5.41, 5.74) is -0.125. The van der Waals surface area contributed by atoms with Crippen LogP contribution in [-0.4, -0.2) is 25.7 Å². The Hall–Kier alpha value is -0.940. The maximum atomic E-state index is 13.4. The molecule has 1 atom stereocenters. The highest BCUT2D eigenvalue weighted by Crippen LogP contribution is 2.25. The molecule has 1 aromatic rings. The fourth-order valence-electron chi connectivity index (χ4n) is 1.91. The van der Waals surface area contributed by atoms with E-state index >= 15 is 0 Å². The molecule has 1 saturated heterocycles. The van der Waals surface area contributed by atoms with Crippen LogP contribution in [0.3, 0.4) is 0 Å². The Morgan fingerprint density at radius 1 is 1.41 bits per heavy atom. The van der Waals surface area contributed by atoms with Crippen LogP contribution < -0.4 is 0 Å². The Morgan fingerprint density at radius 2 is 2.12 bits per heavy atom. The Balaban J connectivity index is 2.29. The molecule has 17 heavy (non-hydrogen) atoms. The zero-order valence-corrected chi connectivity index (χ0v) is 10.4. The quantitative estimate of drug-likeness (QED) is 0.777. The maximum absolute atomic E-state index is 13.4. The molecular weight excluding hydrogens is 267 g/mol. The molecule has 1 aliphatic rings. The molecule has 0 aliphatic carbocycles. The fraction of sp³-hybridized carbons (Fsp3) is 0.364. The van der Waals surface area contributed by atoms with Gasteiger partial charge in [-0.2, -0.15) is 0 Å². The molecule has 1 aromatic carbocycles. The number of hydrogen-bond acceptors (Lipinski definition) is 3. The second-order valence-corrected chi connectivity index (χ2v) is 6.75. The molecule has 0 saturated carbocycles. The number of carbonyl (C=O) groups is 1. The molecule has 1 unspecified atom stereocenters. The van der Waals surface area contributed by atoms with Crippen molar-refractivity contribution < 1.29 is 17.6 Å². The summed E-state index contributed by atoms with van der Waals surface area (Å²) in [6, 6.07) is 3.70. The first kappa shape index (κ1) is 12.5.